The summed E-state index contributed by atoms with van der Waals surface area (Å²) in [6.07, 6.45) is 2.62. The Morgan fingerprint density at radius 3 is 2.30 bits per heavy atom. The first kappa shape index (κ1) is 22.6. The molecule has 2 aromatic carbocycles. The molecule has 0 unspecified atom stereocenters. The summed E-state index contributed by atoms with van der Waals surface area (Å²) in [6, 6.07) is 9.54. The highest BCUT2D eigenvalue weighted by Crippen LogP contribution is 2.32. The zero-order valence-corrected chi connectivity index (χ0v) is 19.1. The number of hydrogen-bond acceptors (Lipinski definition) is 5. The fraction of sp³-hybridized carbons (Fsp3) is 0.429. The lowest BCUT2D eigenvalue weighted by Gasteiger charge is -2.27. The molecule has 1 heterocycles. The van der Waals surface area contributed by atoms with E-state index in [9.17, 15) is 16.8 Å². The van der Waals surface area contributed by atoms with E-state index in [1.807, 2.05) is 13.0 Å². The second-order valence-electron chi connectivity index (χ2n) is 7.43. The number of aryl methyl sites for hydroxylation is 2. The molecule has 1 aliphatic rings. The van der Waals surface area contributed by atoms with Crippen LogP contribution in [0.25, 0.3) is 0 Å². The molecule has 2 aromatic rings. The van der Waals surface area contributed by atoms with Crippen LogP contribution < -0.4 is 9.46 Å². The minimum Gasteiger partial charge on any atom is -0.492 e. The SMILES string of the molecule is CCOc1ccc(NS(=O)(=O)c2cc(C)ccc2C)cc1S(=O)(=O)N1CCCCC1. The zero-order chi connectivity index (χ0) is 21.9. The van der Waals surface area contributed by atoms with Crippen LogP contribution in [0.3, 0.4) is 0 Å². The van der Waals surface area contributed by atoms with Crippen molar-refractivity contribution in [2.24, 2.45) is 0 Å². The maximum atomic E-state index is 13.2. The largest absolute Gasteiger partial charge is 0.492 e. The predicted molar refractivity (Wildman–Crippen MR) is 117 cm³/mol. The molecular formula is C21H28N2O5S2. The van der Waals surface area contributed by atoms with Crippen LogP contribution in [0.5, 0.6) is 5.75 Å². The second kappa shape index (κ2) is 8.95. The van der Waals surface area contributed by atoms with Gasteiger partial charge in [-0.2, -0.15) is 4.31 Å². The normalized spacial score (nSPS) is 15.7. The molecule has 1 fully saturated rings. The molecule has 0 spiro atoms. The van der Waals surface area contributed by atoms with Crippen LogP contribution in [-0.4, -0.2) is 40.8 Å². The first-order chi connectivity index (χ1) is 14.1. The van der Waals surface area contributed by atoms with E-state index >= 15 is 0 Å². The molecule has 3 rings (SSSR count). The first-order valence-corrected chi connectivity index (χ1v) is 12.9. The Morgan fingerprint density at radius 2 is 1.63 bits per heavy atom. The molecule has 0 bridgehead atoms. The molecule has 1 aliphatic heterocycles. The number of nitrogens with zero attached hydrogens (tertiary/aromatic N) is 1. The van der Waals surface area contributed by atoms with Gasteiger partial charge in [-0.15, -0.1) is 0 Å². The Hall–Kier alpha value is -2.10. The molecule has 0 aliphatic carbocycles. The number of sulfonamides is 2. The third kappa shape index (κ3) is 4.79. The van der Waals surface area contributed by atoms with Crippen LogP contribution in [0.4, 0.5) is 5.69 Å². The average molecular weight is 453 g/mol. The Kier molecular flexibility index (Phi) is 6.74. The van der Waals surface area contributed by atoms with Crippen molar-refractivity contribution in [1.29, 1.82) is 0 Å². The van der Waals surface area contributed by atoms with Crippen LogP contribution in [0.1, 0.15) is 37.3 Å². The van der Waals surface area contributed by atoms with Gasteiger partial charge >= 0.3 is 0 Å². The van der Waals surface area contributed by atoms with E-state index in [4.69, 9.17) is 4.74 Å². The first-order valence-electron chi connectivity index (χ1n) is 10.0. The Labute approximate surface area is 179 Å². The maximum Gasteiger partial charge on any atom is 0.262 e. The predicted octanol–water partition coefficient (Wildman–Crippen LogP) is 3.68. The number of piperidine rings is 1. The van der Waals surface area contributed by atoms with Crippen molar-refractivity contribution < 1.29 is 21.6 Å². The van der Waals surface area contributed by atoms with Gasteiger partial charge < -0.3 is 4.74 Å². The van der Waals surface area contributed by atoms with Crippen molar-refractivity contribution in [3.8, 4) is 5.75 Å². The smallest absolute Gasteiger partial charge is 0.262 e. The topological polar surface area (TPSA) is 92.8 Å². The van der Waals surface area contributed by atoms with Crippen LogP contribution in [0.15, 0.2) is 46.2 Å². The Balaban J connectivity index is 2.01. The summed E-state index contributed by atoms with van der Waals surface area (Å²) in [5.41, 5.74) is 1.61. The van der Waals surface area contributed by atoms with Crippen LogP contribution in [-0.2, 0) is 20.0 Å². The Bertz CT molecular complexity index is 1120. The zero-order valence-electron chi connectivity index (χ0n) is 17.5. The number of hydrogen-bond donors (Lipinski definition) is 1. The number of nitrogens with one attached hydrogen (secondary N) is 1. The fourth-order valence-corrected chi connectivity index (χ4v) is 6.55. The van der Waals surface area contributed by atoms with E-state index in [0.29, 0.717) is 25.3 Å². The average Bonchev–Trinajstić information content (AvgIpc) is 2.71. The molecule has 0 aromatic heterocycles. The Morgan fingerprint density at radius 1 is 0.933 bits per heavy atom. The molecule has 0 atom stereocenters. The number of ether oxygens (including phenoxy) is 1. The van der Waals surface area contributed by atoms with E-state index in [0.717, 1.165) is 24.8 Å². The molecule has 0 saturated carbocycles. The summed E-state index contributed by atoms with van der Waals surface area (Å²) in [7, 11) is -7.68. The van der Waals surface area contributed by atoms with Crippen molar-refractivity contribution >= 4 is 25.7 Å². The minimum absolute atomic E-state index is 0.0209. The second-order valence-corrected chi connectivity index (χ2v) is 11.0. The van der Waals surface area contributed by atoms with Crippen molar-refractivity contribution in [2.45, 2.75) is 49.8 Å². The van der Waals surface area contributed by atoms with E-state index in [1.54, 1.807) is 26.0 Å². The molecular weight excluding hydrogens is 424 g/mol. The molecule has 0 radical (unpaired) electrons. The molecule has 7 nitrogen and oxygen atoms in total. The quantitative estimate of drug-likeness (QED) is 0.692. The van der Waals surface area contributed by atoms with Gasteiger partial charge in [-0.1, -0.05) is 18.6 Å². The molecule has 9 heteroatoms. The maximum absolute atomic E-state index is 13.2. The highest BCUT2D eigenvalue weighted by atomic mass is 32.2. The van der Waals surface area contributed by atoms with Crippen LogP contribution in [0, 0.1) is 13.8 Å². The van der Waals surface area contributed by atoms with Gasteiger partial charge in [0.1, 0.15) is 10.6 Å². The third-order valence-corrected chi connectivity index (χ3v) is 8.50. The van der Waals surface area contributed by atoms with Gasteiger partial charge in [-0.25, -0.2) is 16.8 Å². The van der Waals surface area contributed by atoms with Gasteiger partial charge in [0.05, 0.1) is 17.2 Å². The number of rotatable bonds is 7. The summed E-state index contributed by atoms with van der Waals surface area (Å²) >= 11 is 0. The van der Waals surface area contributed by atoms with E-state index in [2.05, 4.69) is 4.72 Å². The lowest BCUT2D eigenvalue weighted by molar-refractivity contribution is 0.323. The summed E-state index contributed by atoms with van der Waals surface area (Å²) < 4.78 is 61.9. The van der Waals surface area contributed by atoms with Gasteiger partial charge in [-0.05, 0) is 69.0 Å². The van der Waals surface area contributed by atoms with Gasteiger partial charge in [0, 0.05) is 13.1 Å². The lowest BCUT2D eigenvalue weighted by atomic mass is 10.2. The molecule has 30 heavy (non-hydrogen) atoms. The van der Waals surface area contributed by atoms with Crippen LogP contribution >= 0.6 is 0 Å². The number of anilines is 1. The number of benzene rings is 2. The van der Waals surface area contributed by atoms with E-state index in [1.165, 1.54) is 22.5 Å². The van der Waals surface area contributed by atoms with Crippen molar-refractivity contribution in [1.82, 2.24) is 4.31 Å². The van der Waals surface area contributed by atoms with Crippen molar-refractivity contribution in [2.75, 3.05) is 24.4 Å². The monoisotopic (exact) mass is 452 g/mol. The summed E-state index contributed by atoms with van der Waals surface area (Å²) in [6.45, 7) is 6.51. The fourth-order valence-electron chi connectivity index (χ4n) is 3.50. The van der Waals surface area contributed by atoms with Gasteiger partial charge in [0.2, 0.25) is 10.0 Å². The van der Waals surface area contributed by atoms with Crippen molar-refractivity contribution in [3.63, 3.8) is 0 Å². The minimum atomic E-state index is -3.88. The molecule has 1 saturated heterocycles. The van der Waals surface area contributed by atoms with E-state index in [-0.39, 0.29) is 21.2 Å². The summed E-state index contributed by atoms with van der Waals surface area (Å²) in [5, 5.41) is 0. The van der Waals surface area contributed by atoms with E-state index < -0.39 is 20.0 Å². The summed E-state index contributed by atoms with van der Waals surface area (Å²) in [4.78, 5) is 0.143. The highest BCUT2D eigenvalue weighted by molar-refractivity contribution is 7.92. The van der Waals surface area contributed by atoms with Crippen LogP contribution in [0.2, 0.25) is 0 Å². The molecule has 164 valence electrons. The van der Waals surface area contributed by atoms with Crippen molar-refractivity contribution in [3.05, 3.63) is 47.5 Å². The molecule has 1 N–H and O–H groups in total. The van der Waals surface area contributed by atoms with Gasteiger partial charge in [-0.3, -0.25) is 4.72 Å². The lowest BCUT2D eigenvalue weighted by Crippen LogP contribution is -2.35. The van der Waals surface area contributed by atoms with Gasteiger partial charge in [0.25, 0.3) is 10.0 Å². The van der Waals surface area contributed by atoms with Gasteiger partial charge in [0.15, 0.2) is 0 Å². The standard InChI is InChI=1S/C21H28N2O5S2/c1-4-28-19-11-10-18(15-21(19)30(26,27)23-12-6-5-7-13-23)22-29(24,25)20-14-16(2)8-9-17(20)3/h8-11,14-15,22H,4-7,12-13H2,1-3H3. The summed E-state index contributed by atoms with van der Waals surface area (Å²) in [5.74, 6) is 0.220. The third-order valence-electron chi connectivity index (χ3n) is 5.06. The molecule has 0 amide bonds. The highest BCUT2D eigenvalue weighted by Gasteiger charge is 2.30.